The van der Waals surface area contributed by atoms with Gasteiger partial charge in [0.15, 0.2) is 0 Å². The van der Waals surface area contributed by atoms with Crippen LogP contribution in [0.1, 0.15) is 16.8 Å². The van der Waals surface area contributed by atoms with E-state index < -0.39 is 5.97 Å². The predicted molar refractivity (Wildman–Crippen MR) is 74.8 cm³/mol. The molecule has 1 aromatic rings. The Morgan fingerprint density at radius 3 is 2.95 bits per heavy atom. The number of nitrogens with one attached hydrogen (secondary N) is 1. The van der Waals surface area contributed by atoms with Gasteiger partial charge in [0.2, 0.25) is 0 Å². The Labute approximate surface area is 120 Å². The van der Waals surface area contributed by atoms with E-state index in [4.69, 9.17) is 14.6 Å². The summed E-state index contributed by atoms with van der Waals surface area (Å²) in [6.45, 7) is 1.82. The minimum atomic E-state index is -0.949. The van der Waals surface area contributed by atoms with Crippen molar-refractivity contribution in [3.05, 3.63) is 28.2 Å². The highest BCUT2D eigenvalue weighted by atomic mass is 79.9. The van der Waals surface area contributed by atoms with Crippen molar-refractivity contribution in [1.29, 1.82) is 0 Å². The summed E-state index contributed by atoms with van der Waals surface area (Å²) in [4.78, 5) is 11.0. The van der Waals surface area contributed by atoms with Gasteiger partial charge in [0.25, 0.3) is 0 Å². The normalized spacial score (nSPS) is 22.4. The topological polar surface area (TPSA) is 67.8 Å². The smallest absolute Gasteiger partial charge is 0.335 e. The number of anilines is 1. The summed E-state index contributed by atoms with van der Waals surface area (Å²) in [6.07, 6.45) is 0.830. The molecular weight excluding hydrogens is 314 g/mol. The highest BCUT2D eigenvalue weighted by Crippen LogP contribution is 2.25. The Morgan fingerprint density at radius 2 is 2.37 bits per heavy atom. The number of hydrogen-bond acceptors (Lipinski definition) is 4. The Balaban J connectivity index is 2.08. The lowest BCUT2D eigenvalue weighted by Crippen LogP contribution is -2.39. The summed E-state index contributed by atoms with van der Waals surface area (Å²) in [5.41, 5.74) is 0.659. The van der Waals surface area contributed by atoms with Crippen LogP contribution in [0.15, 0.2) is 22.7 Å². The number of benzene rings is 1. The molecule has 0 aromatic heterocycles. The number of aromatic carboxylic acids is 1. The van der Waals surface area contributed by atoms with Crippen LogP contribution in [-0.2, 0) is 9.47 Å². The van der Waals surface area contributed by atoms with Crippen LogP contribution < -0.4 is 5.32 Å². The second kappa shape index (κ2) is 5.90. The number of carboxylic acid groups (broad SMARTS) is 1. The highest BCUT2D eigenvalue weighted by molar-refractivity contribution is 9.10. The van der Waals surface area contributed by atoms with Crippen molar-refractivity contribution in [1.82, 2.24) is 0 Å². The zero-order chi connectivity index (χ0) is 13.9. The van der Waals surface area contributed by atoms with Gasteiger partial charge < -0.3 is 19.9 Å². The largest absolute Gasteiger partial charge is 0.478 e. The number of methoxy groups -OCH3 is 1. The van der Waals surface area contributed by atoms with E-state index in [9.17, 15) is 4.79 Å². The number of carbonyl (C=O) groups is 1. The molecule has 2 N–H and O–H groups in total. The second-order valence-electron chi connectivity index (χ2n) is 4.58. The molecule has 1 aromatic carbocycles. The average molecular weight is 330 g/mol. The van der Waals surface area contributed by atoms with Gasteiger partial charge in [0, 0.05) is 36.8 Å². The fourth-order valence-corrected chi connectivity index (χ4v) is 2.53. The van der Waals surface area contributed by atoms with Gasteiger partial charge in [-0.3, -0.25) is 0 Å². The molecular formula is C13H16BrNO4. The van der Waals surface area contributed by atoms with Gasteiger partial charge in [-0.1, -0.05) is 15.9 Å². The molecule has 1 atom stereocenters. The van der Waals surface area contributed by atoms with Crippen molar-refractivity contribution >= 4 is 27.6 Å². The third-order valence-electron chi connectivity index (χ3n) is 3.26. The van der Waals surface area contributed by atoms with Crippen molar-refractivity contribution in [2.24, 2.45) is 0 Å². The van der Waals surface area contributed by atoms with Crippen molar-refractivity contribution < 1.29 is 19.4 Å². The molecule has 6 heteroatoms. The predicted octanol–water partition coefficient (Wildman–Crippen LogP) is 2.36. The lowest BCUT2D eigenvalue weighted by Gasteiger charge is -2.26. The minimum absolute atomic E-state index is 0.242. The van der Waals surface area contributed by atoms with Crippen molar-refractivity contribution in [3.8, 4) is 0 Å². The van der Waals surface area contributed by atoms with E-state index in [1.54, 1.807) is 19.2 Å². The molecule has 0 spiro atoms. The zero-order valence-corrected chi connectivity index (χ0v) is 12.2. The number of rotatable bonds is 5. The minimum Gasteiger partial charge on any atom is -0.478 e. The van der Waals surface area contributed by atoms with Crippen LogP contribution in [0.25, 0.3) is 0 Å². The van der Waals surface area contributed by atoms with Crippen LogP contribution in [0, 0.1) is 0 Å². The Bertz CT molecular complexity index is 472. The maximum Gasteiger partial charge on any atom is 0.335 e. The molecule has 104 valence electrons. The van der Waals surface area contributed by atoms with E-state index in [0.717, 1.165) is 16.6 Å². The number of hydrogen-bond donors (Lipinski definition) is 2. The Kier molecular flexibility index (Phi) is 4.44. The summed E-state index contributed by atoms with van der Waals surface area (Å²) < 4.78 is 11.6. The maximum atomic E-state index is 11.0. The van der Waals surface area contributed by atoms with Gasteiger partial charge in [-0.05, 0) is 18.2 Å². The SMILES string of the molecule is COC1(CNc2cc(Br)cc(C(=O)O)c2)CCOC1. The van der Waals surface area contributed by atoms with Crippen LogP contribution in [-0.4, -0.2) is 43.5 Å². The molecule has 19 heavy (non-hydrogen) atoms. The van der Waals surface area contributed by atoms with E-state index in [1.807, 2.05) is 6.07 Å². The average Bonchev–Trinajstić information content (AvgIpc) is 2.85. The molecule has 0 radical (unpaired) electrons. The van der Waals surface area contributed by atoms with Crippen LogP contribution in [0.4, 0.5) is 5.69 Å². The summed E-state index contributed by atoms with van der Waals surface area (Å²) in [7, 11) is 1.67. The zero-order valence-electron chi connectivity index (χ0n) is 10.6. The third-order valence-corrected chi connectivity index (χ3v) is 3.72. The van der Waals surface area contributed by atoms with Crippen LogP contribution in [0.2, 0.25) is 0 Å². The molecule has 1 aliphatic rings. The number of halogens is 1. The standard InChI is InChI=1S/C13H16BrNO4/c1-18-13(2-3-19-8-13)7-15-11-5-9(12(16)17)4-10(14)6-11/h4-6,15H,2-3,7-8H2,1H3,(H,16,17). The van der Waals surface area contributed by atoms with Crippen LogP contribution in [0.5, 0.6) is 0 Å². The van der Waals surface area contributed by atoms with Gasteiger partial charge in [-0.25, -0.2) is 4.79 Å². The van der Waals surface area contributed by atoms with Crippen molar-refractivity contribution in [2.75, 3.05) is 32.2 Å². The molecule has 1 heterocycles. The fourth-order valence-electron chi connectivity index (χ4n) is 2.04. The highest BCUT2D eigenvalue weighted by Gasteiger charge is 2.34. The lowest BCUT2D eigenvalue weighted by molar-refractivity contribution is -0.00619. The van der Waals surface area contributed by atoms with Crippen LogP contribution >= 0.6 is 15.9 Å². The summed E-state index contributed by atoms with van der Waals surface area (Å²) in [5.74, 6) is -0.949. The molecule has 1 saturated heterocycles. The molecule has 0 amide bonds. The van der Waals surface area contributed by atoms with E-state index in [0.29, 0.717) is 19.8 Å². The fraction of sp³-hybridized carbons (Fsp3) is 0.462. The van der Waals surface area contributed by atoms with E-state index in [1.165, 1.54) is 0 Å². The monoisotopic (exact) mass is 329 g/mol. The first-order valence-electron chi connectivity index (χ1n) is 5.95. The quantitative estimate of drug-likeness (QED) is 0.868. The lowest BCUT2D eigenvalue weighted by atomic mass is 10.0. The molecule has 5 nitrogen and oxygen atoms in total. The van der Waals surface area contributed by atoms with Gasteiger partial charge in [0.05, 0.1) is 12.2 Å². The van der Waals surface area contributed by atoms with Gasteiger partial charge in [0.1, 0.15) is 5.60 Å². The van der Waals surface area contributed by atoms with E-state index in [2.05, 4.69) is 21.2 Å². The van der Waals surface area contributed by atoms with Gasteiger partial charge in [-0.2, -0.15) is 0 Å². The second-order valence-corrected chi connectivity index (χ2v) is 5.49. The third kappa shape index (κ3) is 3.46. The summed E-state index contributed by atoms with van der Waals surface area (Å²) in [5, 5.41) is 12.2. The molecule has 1 aliphatic heterocycles. The van der Waals surface area contributed by atoms with Gasteiger partial charge in [-0.15, -0.1) is 0 Å². The molecule has 2 rings (SSSR count). The molecule has 0 saturated carbocycles. The van der Waals surface area contributed by atoms with Crippen molar-refractivity contribution in [2.45, 2.75) is 12.0 Å². The Morgan fingerprint density at radius 1 is 1.58 bits per heavy atom. The first-order chi connectivity index (χ1) is 9.04. The number of carboxylic acids is 1. The summed E-state index contributed by atoms with van der Waals surface area (Å²) in [6, 6.07) is 5.01. The number of ether oxygens (including phenoxy) is 2. The van der Waals surface area contributed by atoms with E-state index in [-0.39, 0.29) is 11.2 Å². The molecule has 0 bridgehead atoms. The molecule has 0 aliphatic carbocycles. The first-order valence-corrected chi connectivity index (χ1v) is 6.75. The maximum absolute atomic E-state index is 11.0. The molecule has 1 unspecified atom stereocenters. The Hall–Kier alpha value is -1.11. The van der Waals surface area contributed by atoms with Crippen LogP contribution in [0.3, 0.4) is 0 Å². The summed E-state index contributed by atoms with van der Waals surface area (Å²) >= 11 is 3.31. The van der Waals surface area contributed by atoms with Gasteiger partial charge >= 0.3 is 5.97 Å². The van der Waals surface area contributed by atoms with Crippen molar-refractivity contribution in [3.63, 3.8) is 0 Å². The van der Waals surface area contributed by atoms with E-state index >= 15 is 0 Å². The molecule has 1 fully saturated rings. The first kappa shape index (κ1) is 14.3.